The molecule has 0 aromatic heterocycles. The Labute approximate surface area is 198 Å². The third kappa shape index (κ3) is 4.85. The Morgan fingerprint density at radius 1 is 1.09 bits per heavy atom. The molecule has 4 heteroatoms. The SMILES string of the molecule is CC1=C[C@@H]2/C=C/C[C@H](C)CCCC/C=C/C(=O)O[C@]23C(=O)N[C@@H](Cc2ccccc2)[C@H]3[C@@H]1C. The summed E-state index contributed by atoms with van der Waals surface area (Å²) >= 11 is 0. The third-order valence-corrected chi connectivity index (χ3v) is 7.82. The Kier molecular flexibility index (Phi) is 7.21. The first-order valence-electron chi connectivity index (χ1n) is 12.5. The zero-order valence-electron chi connectivity index (χ0n) is 20.1. The average Bonchev–Trinajstić information content (AvgIpc) is 3.06. The predicted molar refractivity (Wildman–Crippen MR) is 131 cm³/mol. The first kappa shape index (κ1) is 23.5. The van der Waals surface area contributed by atoms with Crippen molar-refractivity contribution < 1.29 is 14.3 Å². The van der Waals surface area contributed by atoms with E-state index in [2.05, 4.69) is 56.4 Å². The average molecular weight is 448 g/mol. The van der Waals surface area contributed by atoms with Gasteiger partial charge in [-0.25, -0.2) is 4.79 Å². The van der Waals surface area contributed by atoms with Crippen LogP contribution in [0.1, 0.15) is 58.4 Å². The first-order chi connectivity index (χ1) is 15.9. The van der Waals surface area contributed by atoms with E-state index in [1.54, 1.807) is 0 Å². The van der Waals surface area contributed by atoms with E-state index in [-0.39, 0.29) is 29.7 Å². The molecule has 0 radical (unpaired) electrons. The number of amides is 1. The van der Waals surface area contributed by atoms with E-state index >= 15 is 0 Å². The summed E-state index contributed by atoms with van der Waals surface area (Å²) in [6.45, 7) is 6.58. The largest absolute Gasteiger partial charge is 0.444 e. The summed E-state index contributed by atoms with van der Waals surface area (Å²) in [6.07, 6.45) is 15.8. The molecule has 1 N–H and O–H groups in total. The molecule has 1 amide bonds. The van der Waals surface area contributed by atoms with Gasteiger partial charge in [0.2, 0.25) is 5.60 Å². The second-order valence-electron chi connectivity index (χ2n) is 10.2. The molecule has 1 spiro atoms. The molecule has 4 rings (SSSR count). The number of benzene rings is 1. The highest BCUT2D eigenvalue weighted by molar-refractivity contribution is 5.94. The van der Waals surface area contributed by atoms with Crippen LogP contribution in [0.4, 0.5) is 0 Å². The van der Waals surface area contributed by atoms with Gasteiger partial charge in [0, 0.05) is 24.0 Å². The van der Waals surface area contributed by atoms with Gasteiger partial charge in [0.25, 0.3) is 5.91 Å². The van der Waals surface area contributed by atoms with Gasteiger partial charge in [0.05, 0.1) is 0 Å². The van der Waals surface area contributed by atoms with Gasteiger partial charge in [-0.15, -0.1) is 0 Å². The molecule has 1 aromatic rings. The summed E-state index contributed by atoms with van der Waals surface area (Å²) in [7, 11) is 0. The maximum atomic E-state index is 13.7. The number of ether oxygens (including phenoxy) is 1. The lowest BCUT2D eigenvalue weighted by molar-refractivity contribution is -0.172. The Balaban J connectivity index is 1.75. The second kappa shape index (κ2) is 10.1. The van der Waals surface area contributed by atoms with Gasteiger partial charge in [-0.2, -0.15) is 0 Å². The number of hydrogen-bond donors (Lipinski definition) is 1. The molecule has 1 saturated heterocycles. The Bertz CT molecular complexity index is 947. The van der Waals surface area contributed by atoms with Crippen molar-refractivity contribution in [2.75, 3.05) is 0 Å². The van der Waals surface area contributed by atoms with Crippen LogP contribution < -0.4 is 5.32 Å². The van der Waals surface area contributed by atoms with E-state index in [0.29, 0.717) is 5.92 Å². The maximum Gasteiger partial charge on any atom is 0.331 e. The monoisotopic (exact) mass is 447 g/mol. The van der Waals surface area contributed by atoms with Crippen LogP contribution in [0.3, 0.4) is 0 Å². The normalized spacial score (nSPS) is 36.9. The van der Waals surface area contributed by atoms with Gasteiger partial charge in [-0.1, -0.05) is 86.9 Å². The molecule has 33 heavy (non-hydrogen) atoms. The molecule has 1 aromatic carbocycles. The van der Waals surface area contributed by atoms with Gasteiger partial charge < -0.3 is 10.1 Å². The Hall–Kier alpha value is -2.62. The molecule has 4 nitrogen and oxygen atoms in total. The smallest absolute Gasteiger partial charge is 0.331 e. The summed E-state index contributed by atoms with van der Waals surface area (Å²) in [6, 6.07) is 10.1. The quantitative estimate of drug-likeness (QED) is 0.478. The zero-order chi connectivity index (χ0) is 23.4. The summed E-state index contributed by atoms with van der Waals surface area (Å²) < 4.78 is 6.20. The minimum Gasteiger partial charge on any atom is -0.444 e. The maximum absolute atomic E-state index is 13.7. The van der Waals surface area contributed by atoms with Crippen LogP contribution in [0.15, 0.2) is 66.3 Å². The van der Waals surface area contributed by atoms with Crippen LogP contribution in [-0.2, 0) is 20.7 Å². The van der Waals surface area contributed by atoms with Crippen molar-refractivity contribution in [3.8, 4) is 0 Å². The van der Waals surface area contributed by atoms with Crippen LogP contribution >= 0.6 is 0 Å². The van der Waals surface area contributed by atoms with E-state index in [1.807, 2.05) is 24.3 Å². The fraction of sp³-hybridized carbons (Fsp3) is 0.517. The van der Waals surface area contributed by atoms with Crippen molar-refractivity contribution in [1.82, 2.24) is 5.32 Å². The van der Waals surface area contributed by atoms with E-state index in [1.165, 1.54) is 23.6 Å². The number of nitrogens with one attached hydrogen (secondary N) is 1. The minimum absolute atomic E-state index is 0.0935. The molecule has 0 unspecified atom stereocenters. The highest BCUT2D eigenvalue weighted by atomic mass is 16.6. The summed E-state index contributed by atoms with van der Waals surface area (Å²) in [5.41, 5.74) is 1.21. The summed E-state index contributed by atoms with van der Waals surface area (Å²) in [4.78, 5) is 26.7. The molecule has 2 heterocycles. The highest BCUT2D eigenvalue weighted by Gasteiger charge is 2.64. The lowest BCUT2D eigenvalue weighted by atomic mass is 9.63. The molecule has 6 atom stereocenters. The van der Waals surface area contributed by atoms with Crippen molar-refractivity contribution in [1.29, 1.82) is 0 Å². The number of allylic oxidation sites excluding steroid dienone is 3. The van der Waals surface area contributed by atoms with Crippen molar-refractivity contribution in [2.24, 2.45) is 23.7 Å². The van der Waals surface area contributed by atoms with E-state index in [0.717, 1.165) is 32.1 Å². The second-order valence-corrected chi connectivity index (χ2v) is 10.2. The van der Waals surface area contributed by atoms with Crippen LogP contribution in [0.5, 0.6) is 0 Å². The minimum atomic E-state index is -1.22. The molecule has 2 aliphatic heterocycles. The lowest BCUT2D eigenvalue weighted by Gasteiger charge is -2.44. The van der Waals surface area contributed by atoms with Crippen molar-refractivity contribution in [3.63, 3.8) is 0 Å². The zero-order valence-corrected chi connectivity index (χ0v) is 20.1. The molecule has 0 saturated carbocycles. The van der Waals surface area contributed by atoms with Crippen molar-refractivity contribution in [2.45, 2.75) is 70.9 Å². The molecule has 176 valence electrons. The molecule has 1 aliphatic carbocycles. The fourth-order valence-corrected chi connectivity index (χ4v) is 5.89. The standard InChI is InChI=1S/C29H37NO3/c1-20-12-7-4-5-10-17-26(31)33-29-24(16-11-13-20)18-21(2)22(3)27(29)25(30-28(29)32)19-23-14-8-6-9-15-23/h6,8-11,14-18,20,22,24-25,27H,4-5,7,12-13,19H2,1-3H3,(H,30,32)/b16-11+,17-10+/t20-,22-,24+,25+,27-,29-/m1/s1. The Morgan fingerprint density at radius 3 is 2.67 bits per heavy atom. The van der Waals surface area contributed by atoms with Crippen LogP contribution in [0.2, 0.25) is 0 Å². The van der Waals surface area contributed by atoms with Gasteiger partial charge in [-0.3, -0.25) is 4.79 Å². The van der Waals surface area contributed by atoms with E-state index in [9.17, 15) is 9.59 Å². The number of carbonyl (C=O) groups is 2. The predicted octanol–water partition coefficient (Wildman–Crippen LogP) is 5.55. The fourth-order valence-electron chi connectivity index (χ4n) is 5.89. The number of rotatable bonds is 2. The van der Waals surface area contributed by atoms with E-state index < -0.39 is 11.6 Å². The van der Waals surface area contributed by atoms with E-state index in [4.69, 9.17) is 4.74 Å². The molecule has 3 aliphatic rings. The van der Waals surface area contributed by atoms with Gasteiger partial charge >= 0.3 is 5.97 Å². The third-order valence-electron chi connectivity index (χ3n) is 7.82. The molecule has 1 fully saturated rings. The Morgan fingerprint density at radius 2 is 1.88 bits per heavy atom. The number of hydrogen-bond acceptors (Lipinski definition) is 3. The topological polar surface area (TPSA) is 55.4 Å². The van der Waals surface area contributed by atoms with Gasteiger partial charge in [-0.05, 0) is 50.0 Å². The number of esters is 1. The van der Waals surface area contributed by atoms with Crippen LogP contribution in [0.25, 0.3) is 0 Å². The molecular weight excluding hydrogens is 410 g/mol. The van der Waals surface area contributed by atoms with Crippen molar-refractivity contribution >= 4 is 11.9 Å². The van der Waals surface area contributed by atoms with Gasteiger partial charge in [0.1, 0.15) is 0 Å². The first-order valence-corrected chi connectivity index (χ1v) is 12.5. The molecule has 0 bridgehead atoms. The van der Waals surface area contributed by atoms with Crippen LogP contribution in [0, 0.1) is 23.7 Å². The summed E-state index contributed by atoms with van der Waals surface area (Å²) in [5, 5.41) is 3.24. The van der Waals surface area contributed by atoms with Crippen molar-refractivity contribution in [3.05, 3.63) is 71.8 Å². The highest BCUT2D eigenvalue weighted by Crippen LogP contribution is 2.50. The molecular formula is C29H37NO3. The summed E-state index contributed by atoms with van der Waals surface area (Å²) in [5.74, 6) is -0.269. The lowest BCUT2D eigenvalue weighted by Crippen LogP contribution is -2.56. The van der Waals surface area contributed by atoms with Crippen LogP contribution in [-0.4, -0.2) is 23.5 Å². The van der Waals surface area contributed by atoms with Gasteiger partial charge in [0.15, 0.2) is 0 Å². The number of carbonyl (C=O) groups excluding carboxylic acids is 2.